The van der Waals surface area contributed by atoms with Gasteiger partial charge in [-0.3, -0.25) is 0 Å². The molecule has 0 aliphatic heterocycles. The molecule has 1 aromatic heterocycles. The van der Waals surface area contributed by atoms with Gasteiger partial charge in [0, 0.05) is 22.0 Å². The maximum atomic E-state index is 5.87. The first-order valence-corrected chi connectivity index (χ1v) is 8.28. The molecule has 3 rings (SSSR count). The first-order chi connectivity index (χ1) is 9.29. The monoisotopic (exact) mass is 337 g/mol. The molecule has 1 atom stereocenters. The molecule has 0 saturated heterocycles. The van der Waals surface area contributed by atoms with Gasteiger partial charge in [0.2, 0.25) is 0 Å². The van der Waals surface area contributed by atoms with E-state index < -0.39 is 0 Å². The molecule has 100 valence electrons. The van der Waals surface area contributed by atoms with E-state index in [1.807, 2.05) is 12.1 Å². The normalized spacial score (nSPS) is 16.5. The third-order valence-corrected chi connectivity index (χ3v) is 4.91. The Hall–Kier alpha value is -0.710. The summed E-state index contributed by atoms with van der Waals surface area (Å²) in [4.78, 5) is 4.79. The van der Waals surface area contributed by atoms with E-state index in [-0.39, 0.29) is 6.10 Å². The van der Waals surface area contributed by atoms with Crippen LogP contribution in [-0.2, 0) is 4.74 Å². The summed E-state index contributed by atoms with van der Waals surface area (Å²) in [6.45, 7) is 2.81. The molecule has 1 heterocycles. The molecule has 0 bridgehead atoms. The van der Waals surface area contributed by atoms with E-state index in [1.165, 1.54) is 12.8 Å². The van der Waals surface area contributed by atoms with Crippen LogP contribution in [-0.4, -0.2) is 11.6 Å². The Labute approximate surface area is 126 Å². The lowest BCUT2D eigenvalue weighted by molar-refractivity contribution is 0.0462. The van der Waals surface area contributed by atoms with Crippen molar-refractivity contribution in [3.05, 3.63) is 39.1 Å². The molecule has 2 nitrogen and oxygen atoms in total. The molecule has 1 aliphatic rings. The van der Waals surface area contributed by atoms with Gasteiger partial charge >= 0.3 is 0 Å². The highest BCUT2D eigenvalue weighted by Gasteiger charge is 2.34. The molecule has 19 heavy (non-hydrogen) atoms. The molecule has 0 radical (unpaired) electrons. The predicted molar refractivity (Wildman–Crippen MR) is 82.3 cm³/mol. The Morgan fingerprint density at radius 1 is 1.42 bits per heavy atom. The smallest absolute Gasteiger partial charge is 0.122 e. The van der Waals surface area contributed by atoms with Crippen LogP contribution in [0.5, 0.6) is 0 Å². The van der Waals surface area contributed by atoms with Crippen LogP contribution >= 0.6 is 27.3 Å². The second-order valence-corrected chi connectivity index (χ2v) is 6.51. The molecule has 1 unspecified atom stereocenters. The molecule has 0 spiro atoms. The van der Waals surface area contributed by atoms with Gasteiger partial charge in [-0.15, -0.1) is 11.3 Å². The third kappa shape index (κ3) is 2.91. The summed E-state index contributed by atoms with van der Waals surface area (Å²) in [7, 11) is 0. The Kier molecular flexibility index (Phi) is 4.01. The van der Waals surface area contributed by atoms with E-state index in [0.717, 1.165) is 27.3 Å². The lowest BCUT2D eigenvalue weighted by Crippen LogP contribution is -2.06. The van der Waals surface area contributed by atoms with E-state index in [1.54, 1.807) is 11.3 Å². The predicted octanol–water partition coefficient (Wildman–Crippen LogP) is 5.06. The fourth-order valence-electron chi connectivity index (χ4n) is 2.20. The summed E-state index contributed by atoms with van der Waals surface area (Å²) in [6.07, 6.45) is 2.75. The minimum absolute atomic E-state index is 0.200. The number of hydrogen-bond donors (Lipinski definition) is 0. The van der Waals surface area contributed by atoms with Gasteiger partial charge in [0.15, 0.2) is 0 Å². The van der Waals surface area contributed by atoms with Crippen LogP contribution in [0.3, 0.4) is 0 Å². The van der Waals surface area contributed by atoms with Crippen LogP contribution in [0, 0.1) is 5.92 Å². The Morgan fingerprint density at radius 3 is 2.89 bits per heavy atom. The van der Waals surface area contributed by atoms with Crippen molar-refractivity contribution >= 4 is 27.3 Å². The van der Waals surface area contributed by atoms with Crippen LogP contribution in [0.2, 0.25) is 0 Å². The molecular formula is C15H16BrNOS. The highest BCUT2D eigenvalue weighted by atomic mass is 79.9. The van der Waals surface area contributed by atoms with Gasteiger partial charge in [0.05, 0.1) is 5.69 Å². The van der Waals surface area contributed by atoms with Crippen LogP contribution < -0.4 is 0 Å². The number of nitrogens with zero attached hydrogens (tertiary/aromatic N) is 1. The van der Waals surface area contributed by atoms with Crippen molar-refractivity contribution in [1.82, 2.24) is 4.98 Å². The quantitative estimate of drug-likeness (QED) is 0.760. The fraction of sp³-hybridized carbons (Fsp3) is 0.400. The summed E-state index contributed by atoms with van der Waals surface area (Å²) >= 11 is 5.30. The van der Waals surface area contributed by atoms with E-state index in [4.69, 9.17) is 9.72 Å². The largest absolute Gasteiger partial charge is 0.371 e. The zero-order valence-electron chi connectivity index (χ0n) is 10.8. The standard InChI is InChI=1S/C15H16BrNOS/c1-2-18-14(10-7-8-10)15-17-13(9-19-15)11-5-3-4-6-12(11)16/h3-6,9-10,14H,2,7-8H2,1H3. The highest BCUT2D eigenvalue weighted by Crippen LogP contribution is 2.44. The summed E-state index contributed by atoms with van der Waals surface area (Å²) in [6, 6.07) is 8.21. The number of benzene rings is 1. The van der Waals surface area contributed by atoms with Crippen LogP contribution in [0.15, 0.2) is 34.1 Å². The van der Waals surface area contributed by atoms with Crippen LogP contribution in [0.25, 0.3) is 11.3 Å². The maximum Gasteiger partial charge on any atom is 0.122 e. The SMILES string of the molecule is CCOC(c1nc(-c2ccccc2Br)cs1)C1CC1. The topological polar surface area (TPSA) is 22.1 Å². The van der Waals surface area contributed by atoms with Gasteiger partial charge < -0.3 is 4.74 Å². The lowest BCUT2D eigenvalue weighted by atomic mass is 10.2. The minimum atomic E-state index is 0.200. The highest BCUT2D eigenvalue weighted by molar-refractivity contribution is 9.10. The lowest BCUT2D eigenvalue weighted by Gasteiger charge is -2.12. The van der Waals surface area contributed by atoms with Crippen molar-refractivity contribution in [2.24, 2.45) is 5.92 Å². The molecule has 4 heteroatoms. The van der Waals surface area contributed by atoms with Crippen molar-refractivity contribution in [2.75, 3.05) is 6.61 Å². The molecule has 0 amide bonds. The van der Waals surface area contributed by atoms with Gasteiger partial charge in [0.25, 0.3) is 0 Å². The molecular weight excluding hydrogens is 322 g/mol. The van der Waals surface area contributed by atoms with Crippen LogP contribution in [0.1, 0.15) is 30.9 Å². The number of ether oxygens (including phenoxy) is 1. The summed E-state index contributed by atoms with van der Waals surface area (Å²) in [5.74, 6) is 0.679. The molecule has 1 aromatic carbocycles. The molecule has 2 aromatic rings. The van der Waals surface area contributed by atoms with Gasteiger partial charge in [-0.25, -0.2) is 4.98 Å². The van der Waals surface area contributed by atoms with Crippen molar-refractivity contribution in [3.63, 3.8) is 0 Å². The minimum Gasteiger partial charge on any atom is -0.371 e. The van der Waals surface area contributed by atoms with Crippen molar-refractivity contribution in [1.29, 1.82) is 0 Å². The van der Waals surface area contributed by atoms with Gasteiger partial charge in [-0.1, -0.05) is 34.1 Å². The Balaban J connectivity index is 1.88. The Morgan fingerprint density at radius 2 is 2.21 bits per heavy atom. The summed E-state index contributed by atoms with van der Waals surface area (Å²) in [5, 5.41) is 3.25. The number of thiazole rings is 1. The zero-order chi connectivity index (χ0) is 13.2. The zero-order valence-corrected chi connectivity index (χ0v) is 13.2. The summed E-state index contributed by atoms with van der Waals surface area (Å²) < 4.78 is 6.96. The van der Waals surface area contributed by atoms with Crippen molar-refractivity contribution < 1.29 is 4.74 Å². The number of halogens is 1. The molecule has 0 N–H and O–H groups in total. The number of hydrogen-bond acceptors (Lipinski definition) is 3. The number of aromatic nitrogens is 1. The first kappa shape index (κ1) is 13.3. The van der Waals surface area contributed by atoms with Crippen molar-refractivity contribution in [2.45, 2.75) is 25.9 Å². The average Bonchev–Trinajstić information content (AvgIpc) is 3.14. The van der Waals surface area contributed by atoms with E-state index >= 15 is 0 Å². The molecule has 1 fully saturated rings. The number of rotatable bonds is 5. The van der Waals surface area contributed by atoms with Crippen LogP contribution in [0.4, 0.5) is 0 Å². The first-order valence-electron chi connectivity index (χ1n) is 6.61. The van der Waals surface area contributed by atoms with Gasteiger partial charge in [0.1, 0.15) is 11.1 Å². The Bertz CT molecular complexity index is 565. The van der Waals surface area contributed by atoms with E-state index in [2.05, 4.69) is 40.4 Å². The van der Waals surface area contributed by atoms with E-state index in [0.29, 0.717) is 5.92 Å². The van der Waals surface area contributed by atoms with Crippen molar-refractivity contribution in [3.8, 4) is 11.3 Å². The van der Waals surface area contributed by atoms with Gasteiger partial charge in [-0.05, 0) is 31.7 Å². The second-order valence-electron chi connectivity index (χ2n) is 4.76. The maximum absolute atomic E-state index is 5.87. The molecule has 1 aliphatic carbocycles. The summed E-state index contributed by atoms with van der Waals surface area (Å²) in [5.41, 5.74) is 2.19. The average molecular weight is 338 g/mol. The van der Waals surface area contributed by atoms with E-state index in [9.17, 15) is 0 Å². The van der Waals surface area contributed by atoms with Gasteiger partial charge in [-0.2, -0.15) is 0 Å². The fourth-order valence-corrected chi connectivity index (χ4v) is 3.64. The third-order valence-electron chi connectivity index (χ3n) is 3.31. The second kappa shape index (κ2) is 5.73. The molecule has 1 saturated carbocycles.